The predicted molar refractivity (Wildman–Crippen MR) is 73.7 cm³/mol. The molecule has 0 spiro atoms. The van der Waals surface area contributed by atoms with Crippen molar-refractivity contribution in [1.29, 1.82) is 0 Å². The zero-order valence-electron chi connectivity index (χ0n) is 11.3. The Morgan fingerprint density at radius 2 is 1.88 bits per heavy atom. The molecule has 1 aromatic carbocycles. The van der Waals surface area contributed by atoms with Gasteiger partial charge in [0.15, 0.2) is 0 Å². The lowest BCUT2D eigenvalue weighted by Gasteiger charge is -2.26. The molecule has 0 amide bonds. The van der Waals surface area contributed by atoms with Crippen LogP contribution in [0.1, 0.15) is 17.5 Å². The van der Waals surface area contributed by atoms with E-state index in [1.807, 2.05) is 14.1 Å². The van der Waals surface area contributed by atoms with Crippen LogP contribution in [0.4, 0.5) is 5.69 Å². The highest BCUT2D eigenvalue weighted by Crippen LogP contribution is 2.23. The quantitative estimate of drug-likeness (QED) is 0.789. The van der Waals surface area contributed by atoms with Gasteiger partial charge in [0.2, 0.25) is 0 Å². The minimum Gasteiger partial charge on any atom is -0.391 e. The topological polar surface area (TPSA) is 35.5 Å². The van der Waals surface area contributed by atoms with E-state index >= 15 is 0 Å². The molecule has 3 heteroatoms. The van der Waals surface area contributed by atoms with Gasteiger partial charge in [0, 0.05) is 19.3 Å². The second-order valence-corrected chi connectivity index (χ2v) is 4.67. The van der Waals surface area contributed by atoms with Gasteiger partial charge in [0.25, 0.3) is 0 Å². The van der Waals surface area contributed by atoms with Gasteiger partial charge in [-0.1, -0.05) is 18.2 Å². The molecular weight excluding hydrogens is 212 g/mol. The molecule has 0 saturated carbocycles. The minimum absolute atomic E-state index is 0.286. The third kappa shape index (κ3) is 4.02. The summed E-state index contributed by atoms with van der Waals surface area (Å²) >= 11 is 0. The first kappa shape index (κ1) is 14.0. The van der Waals surface area contributed by atoms with Crippen LogP contribution in [0, 0.1) is 13.8 Å². The highest BCUT2D eigenvalue weighted by Gasteiger charge is 2.11. The Labute approximate surface area is 104 Å². The van der Waals surface area contributed by atoms with Gasteiger partial charge in [-0.25, -0.2) is 0 Å². The summed E-state index contributed by atoms with van der Waals surface area (Å²) in [7, 11) is 3.94. The van der Waals surface area contributed by atoms with Gasteiger partial charge in [-0.15, -0.1) is 0 Å². The van der Waals surface area contributed by atoms with Crippen molar-refractivity contribution >= 4 is 5.69 Å². The van der Waals surface area contributed by atoms with Crippen LogP contribution in [-0.4, -0.2) is 38.4 Å². The van der Waals surface area contributed by atoms with E-state index in [1.54, 1.807) is 0 Å². The molecule has 17 heavy (non-hydrogen) atoms. The van der Waals surface area contributed by atoms with E-state index in [1.165, 1.54) is 16.8 Å². The molecular formula is C14H24N2O. The van der Waals surface area contributed by atoms with Gasteiger partial charge in [0.05, 0.1) is 6.10 Å². The van der Waals surface area contributed by atoms with Crippen LogP contribution in [0.5, 0.6) is 0 Å². The fourth-order valence-electron chi connectivity index (χ4n) is 2.22. The summed E-state index contributed by atoms with van der Waals surface area (Å²) in [5, 5.41) is 13.0. The Kier molecular flexibility index (Phi) is 5.45. The number of aliphatic hydroxyl groups excluding tert-OH is 1. The van der Waals surface area contributed by atoms with Crippen molar-refractivity contribution in [2.75, 3.05) is 32.1 Å². The van der Waals surface area contributed by atoms with Crippen molar-refractivity contribution in [2.24, 2.45) is 0 Å². The fourth-order valence-corrected chi connectivity index (χ4v) is 2.22. The Bertz CT molecular complexity index is 332. The first-order chi connectivity index (χ1) is 8.06. The summed E-state index contributed by atoms with van der Waals surface area (Å²) in [5.41, 5.74) is 3.75. The van der Waals surface area contributed by atoms with Crippen molar-refractivity contribution in [2.45, 2.75) is 26.4 Å². The van der Waals surface area contributed by atoms with E-state index in [2.05, 4.69) is 42.3 Å². The number of para-hydroxylation sites is 1. The van der Waals surface area contributed by atoms with E-state index in [0.717, 1.165) is 13.0 Å². The van der Waals surface area contributed by atoms with Crippen LogP contribution < -0.4 is 10.2 Å². The maximum atomic E-state index is 9.91. The monoisotopic (exact) mass is 236 g/mol. The number of rotatable bonds is 6. The van der Waals surface area contributed by atoms with Crippen LogP contribution in [0.3, 0.4) is 0 Å². The number of aliphatic hydroxyl groups is 1. The number of likely N-dealkylation sites (N-methyl/N-ethyl adjacent to an activating group) is 1. The largest absolute Gasteiger partial charge is 0.391 e. The lowest BCUT2D eigenvalue weighted by Crippen LogP contribution is -2.31. The van der Waals surface area contributed by atoms with Crippen LogP contribution in [-0.2, 0) is 0 Å². The van der Waals surface area contributed by atoms with Crippen LogP contribution >= 0.6 is 0 Å². The summed E-state index contributed by atoms with van der Waals surface area (Å²) in [4.78, 5) is 2.14. The lowest BCUT2D eigenvalue weighted by molar-refractivity contribution is 0.171. The number of nitrogens with zero attached hydrogens (tertiary/aromatic N) is 1. The van der Waals surface area contributed by atoms with E-state index in [4.69, 9.17) is 0 Å². The number of hydrogen-bond donors (Lipinski definition) is 2. The third-order valence-electron chi connectivity index (χ3n) is 3.03. The molecule has 0 aromatic heterocycles. The molecule has 0 heterocycles. The van der Waals surface area contributed by atoms with Crippen LogP contribution in [0.15, 0.2) is 18.2 Å². The summed E-state index contributed by atoms with van der Waals surface area (Å²) < 4.78 is 0. The maximum Gasteiger partial charge on any atom is 0.0727 e. The van der Waals surface area contributed by atoms with E-state index in [9.17, 15) is 5.11 Å². The molecule has 3 nitrogen and oxygen atoms in total. The van der Waals surface area contributed by atoms with Crippen molar-refractivity contribution in [3.63, 3.8) is 0 Å². The number of benzene rings is 1. The van der Waals surface area contributed by atoms with E-state index < -0.39 is 0 Å². The van der Waals surface area contributed by atoms with Gasteiger partial charge in [-0.2, -0.15) is 0 Å². The SMILES string of the molecule is CNCCC(O)CN(C)c1c(C)cccc1C. The van der Waals surface area contributed by atoms with Crippen molar-refractivity contribution in [3.8, 4) is 0 Å². The van der Waals surface area contributed by atoms with E-state index in [0.29, 0.717) is 6.54 Å². The molecule has 0 saturated heterocycles. The second-order valence-electron chi connectivity index (χ2n) is 4.67. The Morgan fingerprint density at radius 3 is 2.41 bits per heavy atom. The Hall–Kier alpha value is -1.06. The smallest absolute Gasteiger partial charge is 0.0727 e. The summed E-state index contributed by atoms with van der Waals surface area (Å²) in [6.45, 7) is 5.74. The molecule has 1 atom stereocenters. The molecule has 0 aliphatic rings. The summed E-state index contributed by atoms with van der Waals surface area (Å²) in [6, 6.07) is 6.29. The first-order valence-corrected chi connectivity index (χ1v) is 6.16. The average molecular weight is 236 g/mol. The molecule has 0 fully saturated rings. The molecule has 2 N–H and O–H groups in total. The van der Waals surface area contributed by atoms with Crippen molar-refractivity contribution in [1.82, 2.24) is 5.32 Å². The van der Waals surface area contributed by atoms with Crippen LogP contribution in [0.2, 0.25) is 0 Å². The molecule has 0 aliphatic carbocycles. The Balaban J connectivity index is 2.66. The molecule has 0 aliphatic heterocycles. The lowest BCUT2D eigenvalue weighted by atomic mass is 10.1. The molecule has 0 bridgehead atoms. The van der Waals surface area contributed by atoms with Gasteiger partial charge >= 0.3 is 0 Å². The van der Waals surface area contributed by atoms with Gasteiger partial charge in [-0.3, -0.25) is 0 Å². The highest BCUT2D eigenvalue weighted by atomic mass is 16.3. The van der Waals surface area contributed by atoms with Crippen molar-refractivity contribution < 1.29 is 5.11 Å². The zero-order chi connectivity index (χ0) is 12.8. The molecule has 1 unspecified atom stereocenters. The summed E-state index contributed by atoms with van der Waals surface area (Å²) in [6.07, 6.45) is 0.498. The normalized spacial score (nSPS) is 12.5. The number of anilines is 1. The molecule has 1 rings (SSSR count). The van der Waals surface area contributed by atoms with Gasteiger partial charge in [0.1, 0.15) is 0 Å². The Morgan fingerprint density at radius 1 is 1.29 bits per heavy atom. The predicted octanol–water partition coefficient (Wildman–Crippen LogP) is 1.71. The average Bonchev–Trinajstić information content (AvgIpc) is 2.26. The number of nitrogens with one attached hydrogen (secondary N) is 1. The maximum absolute atomic E-state index is 9.91. The van der Waals surface area contributed by atoms with Gasteiger partial charge in [-0.05, 0) is 45.0 Å². The van der Waals surface area contributed by atoms with Crippen molar-refractivity contribution in [3.05, 3.63) is 29.3 Å². The highest BCUT2D eigenvalue weighted by molar-refractivity contribution is 5.58. The number of hydrogen-bond acceptors (Lipinski definition) is 3. The fraction of sp³-hybridized carbons (Fsp3) is 0.571. The van der Waals surface area contributed by atoms with Crippen LogP contribution in [0.25, 0.3) is 0 Å². The standard InChI is InChI=1S/C14H24N2O/c1-11-6-5-7-12(2)14(11)16(4)10-13(17)8-9-15-3/h5-7,13,15,17H,8-10H2,1-4H3. The third-order valence-corrected chi connectivity index (χ3v) is 3.03. The zero-order valence-corrected chi connectivity index (χ0v) is 11.3. The first-order valence-electron chi connectivity index (χ1n) is 6.16. The van der Waals surface area contributed by atoms with Gasteiger partial charge < -0.3 is 15.3 Å². The molecule has 1 aromatic rings. The van der Waals surface area contributed by atoms with E-state index in [-0.39, 0.29) is 6.10 Å². The molecule has 0 radical (unpaired) electrons. The summed E-state index contributed by atoms with van der Waals surface area (Å²) in [5.74, 6) is 0. The number of aryl methyl sites for hydroxylation is 2. The molecule has 96 valence electrons. The minimum atomic E-state index is -0.286. The second kappa shape index (κ2) is 6.62.